The molecule has 1 aliphatic rings. The summed E-state index contributed by atoms with van der Waals surface area (Å²) < 4.78 is 30.1. The minimum absolute atomic E-state index is 0. The molecule has 0 spiro atoms. The molecule has 1 aromatic rings. The second-order valence-electron chi connectivity index (χ2n) is 5.24. The van der Waals surface area contributed by atoms with Crippen molar-refractivity contribution < 1.29 is 13.2 Å². The Bertz CT molecular complexity index is 602. The Morgan fingerprint density at radius 1 is 1.30 bits per heavy atom. The maximum Gasteiger partial charge on any atom is 0.191 e. The molecule has 0 saturated carbocycles. The van der Waals surface area contributed by atoms with E-state index >= 15 is 0 Å². The van der Waals surface area contributed by atoms with Gasteiger partial charge in [-0.05, 0) is 18.6 Å². The zero-order chi connectivity index (χ0) is 16.0. The second kappa shape index (κ2) is 9.43. The van der Waals surface area contributed by atoms with E-state index in [9.17, 15) is 8.42 Å². The number of halogens is 1. The molecule has 1 unspecified atom stereocenters. The number of sulfone groups is 1. The molecular weight excluding hydrogens is 429 g/mol. The minimum Gasteiger partial charge on any atom is -0.378 e. The van der Waals surface area contributed by atoms with Crippen molar-refractivity contribution in [3.63, 3.8) is 0 Å². The maximum absolute atomic E-state index is 12.4. The first-order valence-corrected chi connectivity index (χ1v) is 9.12. The van der Waals surface area contributed by atoms with E-state index in [0.29, 0.717) is 43.6 Å². The summed E-state index contributed by atoms with van der Waals surface area (Å²) in [7, 11) is -3.35. The Balaban J connectivity index is 0.00000264. The number of benzene rings is 1. The summed E-state index contributed by atoms with van der Waals surface area (Å²) in [6, 6.07) is 8.12. The molecule has 6 nitrogen and oxygen atoms in total. The minimum atomic E-state index is -3.35. The van der Waals surface area contributed by atoms with Crippen LogP contribution < -0.4 is 5.73 Å². The number of hydrogen-bond donors (Lipinski definition) is 1. The van der Waals surface area contributed by atoms with Crippen LogP contribution in [-0.4, -0.2) is 57.4 Å². The highest BCUT2D eigenvalue weighted by molar-refractivity contribution is 14.0. The van der Waals surface area contributed by atoms with E-state index in [1.165, 1.54) is 0 Å². The van der Waals surface area contributed by atoms with E-state index in [1.807, 2.05) is 11.8 Å². The molecule has 1 aromatic carbocycles. The molecule has 0 radical (unpaired) electrons. The van der Waals surface area contributed by atoms with E-state index in [1.54, 1.807) is 30.3 Å². The van der Waals surface area contributed by atoms with Crippen molar-refractivity contribution in [2.75, 3.05) is 32.1 Å². The van der Waals surface area contributed by atoms with Gasteiger partial charge in [0, 0.05) is 13.1 Å². The molecule has 0 aromatic heterocycles. The maximum atomic E-state index is 12.4. The quantitative estimate of drug-likeness (QED) is 0.415. The van der Waals surface area contributed by atoms with Crippen LogP contribution in [0.5, 0.6) is 0 Å². The molecular formula is C15H24IN3O3S. The van der Waals surface area contributed by atoms with Gasteiger partial charge in [0.25, 0.3) is 0 Å². The Morgan fingerprint density at radius 2 is 1.91 bits per heavy atom. The molecule has 1 saturated heterocycles. The van der Waals surface area contributed by atoms with E-state index in [-0.39, 0.29) is 35.8 Å². The van der Waals surface area contributed by atoms with Crippen LogP contribution in [0.1, 0.15) is 13.3 Å². The fourth-order valence-electron chi connectivity index (χ4n) is 2.28. The van der Waals surface area contributed by atoms with Gasteiger partial charge < -0.3 is 15.4 Å². The van der Waals surface area contributed by atoms with Crippen molar-refractivity contribution in [1.82, 2.24) is 4.90 Å². The molecule has 1 heterocycles. The number of nitrogens with zero attached hydrogens (tertiary/aromatic N) is 2. The molecule has 130 valence electrons. The molecule has 2 rings (SSSR count). The average molecular weight is 453 g/mol. The number of rotatable bonds is 5. The van der Waals surface area contributed by atoms with Crippen LogP contribution in [0.3, 0.4) is 0 Å². The standard InChI is InChI=1S/C15H23N3O3S.HI/c1-2-13(17-15(16)18-8-10-21-11-9-18)12-22(19,20)14-6-4-3-5-7-14;/h3-7,13H,2,8-12H2,1H3,(H2,16,17);1H. The molecule has 0 aliphatic carbocycles. The third-order valence-electron chi connectivity index (χ3n) is 3.64. The van der Waals surface area contributed by atoms with Gasteiger partial charge in [-0.1, -0.05) is 25.1 Å². The predicted octanol–water partition coefficient (Wildman–Crippen LogP) is 1.50. The summed E-state index contributed by atoms with van der Waals surface area (Å²) in [6.07, 6.45) is 0.622. The number of ether oxygens (including phenoxy) is 1. The first-order chi connectivity index (χ1) is 10.5. The first-order valence-electron chi connectivity index (χ1n) is 7.46. The summed E-state index contributed by atoms with van der Waals surface area (Å²) >= 11 is 0. The zero-order valence-electron chi connectivity index (χ0n) is 13.2. The molecule has 0 amide bonds. The first kappa shape index (κ1) is 20.2. The smallest absolute Gasteiger partial charge is 0.191 e. The summed E-state index contributed by atoms with van der Waals surface area (Å²) in [5.74, 6) is 0.372. The van der Waals surface area contributed by atoms with Crippen molar-refractivity contribution in [3.05, 3.63) is 30.3 Å². The van der Waals surface area contributed by atoms with Gasteiger partial charge in [0.1, 0.15) is 0 Å². The fourth-order valence-corrected chi connectivity index (χ4v) is 3.87. The highest BCUT2D eigenvalue weighted by Gasteiger charge is 2.21. The lowest BCUT2D eigenvalue weighted by Gasteiger charge is -2.28. The van der Waals surface area contributed by atoms with Crippen LogP contribution in [0.25, 0.3) is 0 Å². The molecule has 23 heavy (non-hydrogen) atoms. The van der Waals surface area contributed by atoms with Gasteiger partial charge in [0.2, 0.25) is 0 Å². The highest BCUT2D eigenvalue weighted by atomic mass is 127. The third kappa shape index (κ3) is 5.92. The van der Waals surface area contributed by atoms with Gasteiger partial charge in [-0.2, -0.15) is 0 Å². The highest BCUT2D eigenvalue weighted by Crippen LogP contribution is 2.14. The molecule has 1 aliphatic heterocycles. The van der Waals surface area contributed by atoms with Gasteiger partial charge in [-0.15, -0.1) is 24.0 Å². The average Bonchev–Trinajstić information content (AvgIpc) is 2.55. The van der Waals surface area contributed by atoms with Crippen molar-refractivity contribution in [2.45, 2.75) is 24.3 Å². The lowest BCUT2D eigenvalue weighted by atomic mass is 10.3. The van der Waals surface area contributed by atoms with Gasteiger partial charge in [-0.3, -0.25) is 0 Å². The van der Waals surface area contributed by atoms with Crippen LogP contribution in [0, 0.1) is 0 Å². The van der Waals surface area contributed by atoms with Crippen LogP contribution in [0.15, 0.2) is 40.2 Å². The topological polar surface area (TPSA) is 85.0 Å². The van der Waals surface area contributed by atoms with E-state index in [4.69, 9.17) is 10.5 Å². The predicted molar refractivity (Wildman–Crippen MR) is 102 cm³/mol. The molecule has 2 N–H and O–H groups in total. The van der Waals surface area contributed by atoms with Crippen molar-refractivity contribution in [1.29, 1.82) is 0 Å². The largest absolute Gasteiger partial charge is 0.378 e. The summed E-state index contributed by atoms with van der Waals surface area (Å²) in [6.45, 7) is 4.54. The summed E-state index contributed by atoms with van der Waals surface area (Å²) in [4.78, 5) is 6.67. The Morgan fingerprint density at radius 3 is 2.48 bits per heavy atom. The normalized spacial score (nSPS) is 17.4. The van der Waals surface area contributed by atoms with Crippen LogP contribution >= 0.6 is 24.0 Å². The van der Waals surface area contributed by atoms with Gasteiger partial charge in [-0.25, -0.2) is 13.4 Å². The lowest BCUT2D eigenvalue weighted by molar-refractivity contribution is 0.0673. The zero-order valence-corrected chi connectivity index (χ0v) is 16.4. The number of morpholine rings is 1. The molecule has 1 fully saturated rings. The van der Waals surface area contributed by atoms with E-state index < -0.39 is 9.84 Å². The molecule has 8 heteroatoms. The third-order valence-corrected chi connectivity index (χ3v) is 5.45. The van der Waals surface area contributed by atoms with Crippen molar-refractivity contribution in [2.24, 2.45) is 10.7 Å². The van der Waals surface area contributed by atoms with Crippen LogP contribution in [-0.2, 0) is 14.6 Å². The Hall–Kier alpha value is -0.870. The van der Waals surface area contributed by atoms with Crippen molar-refractivity contribution >= 4 is 39.8 Å². The number of nitrogens with two attached hydrogens (primary N) is 1. The van der Waals surface area contributed by atoms with Gasteiger partial charge in [0.05, 0.1) is 29.9 Å². The SMILES string of the molecule is CCC(CS(=O)(=O)c1ccccc1)N=C(N)N1CCOCC1.I. The van der Waals surface area contributed by atoms with E-state index in [2.05, 4.69) is 4.99 Å². The fraction of sp³-hybridized carbons (Fsp3) is 0.533. The Kier molecular flexibility index (Phi) is 8.27. The molecule has 1 atom stereocenters. The van der Waals surface area contributed by atoms with Crippen LogP contribution in [0.4, 0.5) is 0 Å². The van der Waals surface area contributed by atoms with E-state index in [0.717, 1.165) is 0 Å². The number of aliphatic imine (C=N–C) groups is 1. The number of guanidine groups is 1. The van der Waals surface area contributed by atoms with Crippen molar-refractivity contribution in [3.8, 4) is 0 Å². The monoisotopic (exact) mass is 453 g/mol. The van der Waals surface area contributed by atoms with Crippen LogP contribution in [0.2, 0.25) is 0 Å². The lowest BCUT2D eigenvalue weighted by Crippen LogP contribution is -2.45. The van der Waals surface area contributed by atoms with Gasteiger partial charge in [0.15, 0.2) is 15.8 Å². The summed E-state index contributed by atoms with van der Waals surface area (Å²) in [5.41, 5.74) is 6.01. The Labute approximate surface area is 155 Å². The number of hydrogen-bond acceptors (Lipinski definition) is 4. The van der Waals surface area contributed by atoms with Gasteiger partial charge >= 0.3 is 0 Å². The second-order valence-corrected chi connectivity index (χ2v) is 7.28. The summed E-state index contributed by atoms with van der Waals surface area (Å²) in [5, 5.41) is 0. The molecule has 0 bridgehead atoms.